The highest BCUT2D eigenvalue weighted by molar-refractivity contribution is 7.99. The van der Waals surface area contributed by atoms with Gasteiger partial charge < -0.3 is 20.5 Å². The van der Waals surface area contributed by atoms with E-state index in [1.165, 1.54) is 17.8 Å². The lowest BCUT2D eigenvalue weighted by Gasteiger charge is -2.22. The van der Waals surface area contributed by atoms with Gasteiger partial charge in [-0.25, -0.2) is 9.37 Å². The van der Waals surface area contributed by atoms with Crippen LogP contribution in [0.15, 0.2) is 76.5 Å². The fourth-order valence-electron chi connectivity index (χ4n) is 4.87. The number of fused-ring (bicyclic) bond motifs is 1. The molecule has 0 bridgehead atoms. The van der Waals surface area contributed by atoms with Crippen molar-refractivity contribution in [2.24, 2.45) is 5.92 Å². The number of nitrogens with one attached hydrogen (secondary N) is 1. The van der Waals surface area contributed by atoms with Gasteiger partial charge in [0, 0.05) is 53.1 Å². The number of nitrogen functional groups attached to an aromatic ring is 1. The van der Waals surface area contributed by atoms with E-state index in [1.54, 1.807) is 0 Å². The molecular formula is C31H34FN3O2S. The van der Waals surface area contributed by atoms with E-state index in [1.807, 2.05) is 43.3 Å². The predicted octanol–water partition coefficient (Wildman–Crippen LogP) is 6.76. The molecule has 7 heteroatoms. The van der Waals surface area contributed by atoms with Crippen molar-refractivity contribution in [2.75, 3.05) is 25.6 Å². The fourth-order valence-corrected chi connectivity index (χ4v) is 5.82. The van der Waals surface area contributed by atoms with Crippen LogP contribution in [0.2, 0.25) is 0 Å². The van der Waals surface area contributed by atoms with Crippen LogP contribution in [0.25, 0.3) is 10.9 Å². The molecule has 0 aliphatic carbocycles. The topological polar surface area (TPSA) is 69.4 Å². The molecule has 38 heavy (non-hydrogen) atoms. The lowest BCUT2D eigenvalue weighted by atomic mass is 9.92. The minimum Gasteiger partial charge on any atom is -0.494 e. The SMILES string of the molecule is CCOc1ccccc1CNCc1cccc(Sc2cc3cc(CC4CCOCC4)c(N)nc3cc2F)c1. The van der Waals surface area contributed by atoms with E-state index < -0.39 is 0 Å². The van der Waals surface area contributed by atoms with Crippen LogP contribution in [0.5, 0.6) is 5.75 Å². The summed E-state index contributed by atoms with van der Waals surface area (Å²) in [6, 6.07) is 21.8. The van der Waals surface area contributed by atoms with Crippen molar-refractivity contribution in [1.29, 1.82) is 0 Å². The van der Waals surface area contributed by atoms with E-state index in [2.05, 4.69) is 34.6 Å². The first-order valence-corrected chi connectivity index (χ1v) is 14.1. The second kappa shape index (κ2) is 12.6. The summed E-state index contributed by atoms with van der Waals surface area (Å²) < 4.78 is 26.3. The fraction of sp³-hybridized carbons (Fsp3) is 0.323. The average molecular weight is 532 g/mol. The summed E-state index contributed by atoms with van der Waals surface area (Å²) in [5.74, 6) is 1.66. The van der Waals surface area contributed by atoms with Gasteiger partial charge in [-0.05, 0) is 73.6 Å². The molecule has 1 aliphatic rings. The number of rotatable bonds is 10. The number of nitrogens with zero attached hydrogens (tertiary/aromatic N) is 1. The normalized spacial score (nSPS) is 14.2. The van der Waals surface area contributed by atoms with Crippen molar-refractivity contribution in [1.82, 2.24) is 10.3 Å². The van der Waals surface area contributed by atoms with Gasteiger partial charge in [-0.15, -0.1) is 0 Å². The number of ether oxygens (including phenoxy) is 2. The highest BCUT2D eigenvalue weighted by Crippen LogP contribution is 2.34. The lowest BCUT2D eigenvalue weighted by Crippen LogP contribution is -2.18. The number of aromatic nitrogens is 1. The summed E-state index contributed by atoms with van der Waals surface area (Å²) in [4.78, 5) is 6.09. The number of halogens is 1. The van der Waals surface area contributed by atoms with Crippen molar-refractivity contribution in [3.63, 3.8) is 0 Å². The first-order chi connectivity index (χ1) is 18.6. The van der Waals surface area contributed by atoms with Gasteiger partial charge in [0.15, 0.2) is 0 Å². The second-order valence-corrected chi connectivity index (χ2v) is 10.8. The third kappa shape index (κ3) is 6.65. The van der Waals surface area contributed by atoms with E-state index in [0.29, 0.717) is 41.8 Å². The first kappa shape index (κ1) is 26.5. The first-order valence-electron chi connectivity index (χ1n) is 13.2. The van der Waals surface area contributed by atoms with E-state index >= 15 is 4.39 Å². The third-order valence-corrected chi connectivity index (χ3v) is 7.90. The minimum absolute atomic E-state index is 0.289. The van der Waals surface area contributed by atoms with Gasteiger partial charge in [0.1, 0.15) is 17.4 Å². The Morgan fingerprint density at radius 2 is 1.87 bits per heavy atom. The number of hydrogen-bond donors (Lipinski definition) is 2. The Morgan fingerprint density at radius 3 is 2.71 bits per heavy atom. The van der Waals surface area contributed by atoms with Crippen molar-refractivity contribution in [3.05, 3.63) is 89.2 Å². The minimum atomic E-state index is -0.289. The Morgan fingerprint density at radius 1 is 1.03 bits per heavy atom. The summed E-state index contributed by atoms with van der Waals surface area (Å²) in [7, 11) is 0. The summed E-state index contributed by atoms with van der Waals surface area (Å²) >= 11 is 1.43. The molecule has 3 N–H and O–H groups in total. The second-order valence-electron chi connectivity index (χ2n) is 9.66. The number of anilines is 1. The molecule has 3 aromatic carbocycles. The molecule has 5 rings (SSSR count). The zero-order valence-corrected chi connectivity index (χ0v) is 22.5. The van der Waals surface area contributed by atoms with E-state index in [0.717, 1.165) is 65.2 Å². The summed E-state index contributed by atoms with van der Waals surface area (Å²) in [6.45, 7) is 5.64. The maximum Gasteiger partial charge on any atom is 0.139 e. The number of para-hydroxylation sites is 1. The van der Waals surface area contributed by atoms with Crippen molar-refractivity contribution in [2.45, 2.75) is 49.1 Å². The number of hydrogen-bond acceptors (Lipinski definition) is 6. The number of pyridine rings is 1. The van der Waals surface area contributed by atoms with Crippen LogP contribution >= 0.6 is 11.8 Å². The number of benzene rings is 3. The molecule has 0 atom stereocenters. The Hall–Kier alpha value is -3.13. The predicted molar refractivity (Wildman–Crippen MR) is 152 cm³/mol. The quantitative estimate of drug-likeness (QED) is 0.236. The molecule has 0 unspecified atom stereocenters. The highest BCUT2D eigenvalue weighted by atomic mass is 32.2. The van der Waals surface area contributed by atoms with Crippen LogP contribution in [-0.4, -0.2) is 24.8 Å². The summed E-state index contributed by atoms with van der Waals surface area (Å²) in [5, 5.41) is 4.41. The zero-order valence-electron chi connectivity index (χ0n) is 21.7. The van der Waals surface area contributed by atoms with E-state index in [9.17, 15) is 0 Å². The molecule has 1 saturated heterocycles. The average Bonchev–Trinajstić information content (AvgIpc) is 2.92. The van der Waals surface area contributed by atoms with Crippen LogP contribution in [-0.2, 0) is 24.2 Å². The summed E-state index contributed by atoms with van der Waals surface area (Å²) in [6.07, 6.45) is 2.94. The van der Waals surface area contributed by atoms with Crippen LogP contribution in [0.1, 0.15) is 36.5 Å². The highest BCUT2D eigenvalue weighted by Gasteiger charge is 2.17. The largest absolute Gasteiger partial charge is 0.494 e. The molecule has 1 aromatic heterocycles. The van der Waals surface area contributed by atoms with Gasteiger partial charge in [0.05, 0.1) is 12.1 Å². The molecule has 0 amide bonds. The van der Waals surface area contributed by atoms with Crippen molar-refractivity contribution >= 4 is 28.5 Å². The molecule has 0 saturated carbocycles. The van der Waals surface area contributed by atoms with Gasteiger partial charge in [-0.1, -0.05) is 42.1 Å². The van der Waals surface area contributed by atoms with Gasteiger partial charge in [0.25, 0.3) is 0 Å². The van der Waals surface area contributed by atoms with Crippen LogP contribution < -0.4 is 15.8 Å². The molecule has 198 valence electrons. The molecular weight excluding hydrogens is 497 g/mol. The third-order valence-electron chi connectivity index (χ3n) is 6.87. The lowest BCUT2D eigenvalue weighted by molar-refractivity contribution is 0.0666. The monoisotopic (exact) mass is 531 g/mol. The van der Waals surface area contributed by atoms with Gasteiger partial charge in [-0.3, -0.25) is 0 Å². The van der Waals surface area contributed by atoms with Crippen LogP contribution in [0.3, 0.4) is 0 Å². The van der Waals surface area contributed by atoms with E-state index in [4.69, 9.17) is 15.2 Å². The standard InChI is InChI=1S/C31H34FN3O2S/c1-2-37-29-9-4-3-7-23(29)20-34-19-22-6-5-8-26(15-22)38-30-17-24-16-25(14-21-10-12-36-13-11-21)31(33)35-28(24)18-27(30)32/h3-9,15-18,21,34H,2,10-14,19-20H2,1H3,(H2,33,35). The van der Waals surface area contributed by atoms with Gasteiger partial charge >= 0.3 is 0 Å². The number of nitrogens with two attached hydrogens (primary N) is 1. The van der Waals surface area contributed by atoms with Crippen LogP contribution in [0, 0.1) is 11.7 Å². The maximum atomic E-state index is 15.1. The molecule has 1 aliphatic heterocycles. The van der Waals surface area contributed by atoms with Gasteiger partial charge in [-0.2, -0.15) is 0 Å². The van der Waals surface area contributed by atoms with E-state index in [-0.39, 0.29) is 5.82 Å². The van der Waals surface area contributed by atoms with Crippen LogP contribution in [0.4, 0.5) is 10.2 Å². The Balaban J connectivity index is 1.28. The molecule has 5 nitrogen and oxygen atoms in total. The molecule has 4 aromatic rings. The maximum absolute atomic E-state index is 15.1. The Bertz CT molecular complexity index is 1390. The Labute approximate surface area is 227 Å². The molecule has 2 heterocycles. The molecule has 0 spiro atoms. The smallest absolute Gasteiger partial charge is 0.139 e. The molecule has 0 radical (unpaired) electrons. The molecule has 1 fully saturated rings. The van der Waals surface area contributed by atoms with Gasteiger partial charge in [0.2, 0.25) is 0 Å². The summed E-state index contributed by atoms with van der Waals surface area (Å²) in [5.41, 5.74) is 10.1. The van der Waals surface area contributed by atoms with Crippen molar-refractivity contribution < 1.29 is 13.9 Å². The zero-order chi connectivity index (χ0) is 26.3. The van der Waals surface area contributed by atoms with Crippen molar-refractivity contribution in [3.8, 4) is 5.75 Å². The Kier molecular flexibility index (Phi) is 8.79.